The molecule has 1 saturated heterocycles. The summed E-state index contributed by atoms with van der Waals surface area (Å²) in [6.07, 6.45) is 1.90. The van der Waals surface area contributed by atoms with Crippen LogP contribution in [0.5, 0.6) is 11.5 Å². The van der Waals surface area contributed by atoms with Crippen LogP contribution in [0.1, 0.15) is 25.3 Å². The Kier molecular flexibility index (Phi) is 8.19. The first kappa shape index (κ1) is 20.8. The zero-order chi connectivity index (χ0) is 19.6. The van der Waals surface area contributed by atoms with Crippen LogP contribution in [0.15, 0.2) is 23.2 Å². The minimum absolute atomic E-state index is 0.0504. The summed E-state index contributed by atoms with van der Waals surface area (Å²) >= 11 is 0. The molecule has 1 fully saturated rings. The minimum atomic E-state index is 0.0504. The quantitative estimate of drug-likeness (QED) is 0.412. The fraction of sp³-hybridized carbons (Fsp3) is 0.579. The van der Waals surface area contributed by atoms with E-state index in [2.05, 4.69) is 25.8 Å². The zero-order valence-electron chi connectivity index (χ0n) is 16.4. The fourth-order valence-electron chi connectivity index (χ4n) is 3.06. The molecule has 1 heterocycles. The predicted octanol–water partition coefficient (Wildman–Crippen LogP) is 0.666. The van der Waals surface area contributed by atoms with Crippen molar-refractivity contribution in [1.29, 1.82) is 0 Å². The van der Waals surface area contributed by atoms with Gasteiger partial charge in [-0.1, -0.05) is 12.1 Å². The Balaban J connectivity index is 1.92. The summed E-state index contributed by atoms with van der Waals surface area (Å²) in [6, 6.07) is 5.70. The number of amides is 1. The number of likely N-dealkylation sites (tertiary alicyclic amines) is 1. The Morgan fingerprint density at radius 1 is 1.37 bits per heavy atom. The second kappa shape index (κ2) is 10.6. The van der Waals surface area contributed by atoms with Crippen LogP contribution in [0, 0.1) is 0 Å². The van der Waals surface area contributed by atoms with Crippen molar-refractivity contribution in [2.45, 2.75) is 32.4 Å². The number of phenolic OH excluding ortho intramolecular Hbond substituents is 1. The molecule has 2 rings (SSSR count). The summed E-state index contributed by atoms with van der Waals surface area (Å²) in [6.45, 7) is 5.33. The molecule has 0 bridgehead atoms. The number of aromatic hydroxyl groups is 1. The fourth-order valence-corrected chi connectivity index (χ4v) is 3.06. The summed E-state index contributed by atoms with van der Waals surface area (Å²) in [5.41, 5.74) is 0.715. The zero-order valence-corrected chi connectivity index (χ0v) is 16.4. The number of nitrogens with zero attached hydrogens (tertiary/aromatic N) is 2. The maximum absolute atomic E-state index is 11.5. The predicted molar refractivity (Wildman–Crippen MR) is 106 cm³/mol. The third-order valence-corrected chi connectivity index (χ3v) is 4.63. The monoisotopic (exact) mass is 377 g/mol. The summed E-state index contributed by atoms with van der Waals surface area (Å²) in [5, 5.41) is 19.6. The van der Waals surface area contributed by atoms with Crippen LogP contribution in [0.3, 0.4) is 0 Å². The van der Waals surface area contributed by atoms with E-state index in [1.165, 1.54) is 7.11 Å². The first-order valence-corrected chi connectivity index (χ1v) is 9.40. The van der Waals surface area contributed by atoms with Crippen LogP contribution in [0.2, 0.25) is 0 Å². The van der Waals surface area contributed by atoms with Crippen LogP contribution in [0.25, 0.3) is 0 Å². The Morgan fingerprint density at radius 3 is 2.74 bits per heavy atom. The lowest BCUT2D eigenvalue weighted by molar-refractivity contribution is -0.122. The number of guanidine groups is 1. The van der Waals surface area contributed by atoms with Gasteiger partial charge in [-0.05, 0) is 25.8 Å². The second-order valence-corrected chi connectivity index (χ2v) is 6.53. The van der Waals surface area contributed by atoms with Gasteiger partial charge in [0.15, 0.2) is 17.5 Å². The number of para-hydroxylation sites is 1. The Morgan fingerprint density at radius 2 is 2.11 bits per heavy atom. The molecule has 1 amide bonds. The average Bonchev–Trinajstić information content (AvgIpc) is 2.68. The number of rotatable bonds is 7. The van der Waals surface area contributed by atoms with Crippen LogP contribution in [-0.4, -0.2) is 68.3 Å². The van der Waals surface area contributed by atoms with Gasteiger partial charge in [-0.15, -0.1) is 0 Å². The van der Waals surface area contributed by atoms with Gasteiger partial charge in [0.25, 0.3) is 0 Å². The SMILES string of the molecule is CCNC(=NCc1cccc(OC)c1O)NC1CCN(CC(=O)NC)CC1. The second-order valence-electron chi connectivity index (χ2n) is 6.53. The topological polar surface area (TPSA) is 98.2 Å². The molecule has 0 aliphatic carbocycles. The molecular weight excluding hydrogens is 346 g/mol. The Hall–Kier alpha value is -2.48. The van der Waals surface area contributed by atoms with Crippen molar-refractivity contribution >= 4 is 11.9 Å². The molecular formula is C19H31N5O3. The summed E-state index contributed by atoms with van der Waals surface area (Å²) in [5.74, 6) is 1.35. The molecule has 0 spiro atoms. The molecule has 4 N–H and O–H groups in total. The molecule has 1 aliphatic rings. The van der Waals surface area contributed by atoms with E-state index in [0.717, 1.165) is 38.4 Å². The molecule has 27 heavy (non-hydrogen) atoms. The number of methoxy groups -OCH3 is 1. The number of piperidine rings is 1. The van der Waals surface area contributed by atoms with Gasteiger partial charge >= 0.3 is 0 Å². The van der Waals surface area contributed by atoms with E-state index in [1.54, 1.807) is 13.1 Å². The third kappa shape index (κ3) is 6.32. The largest absolute Gasteiger partial charge is 0.504 e. The molecule has 0 unspecified atom stereocenters. The lowest BCUT2D eigenvalue weighted by atomic mass is 10.1. The highest BCUT2D eigenvalue weighted by Gasteiger charge is 2.21. The number of phenols is 1. The number of aliphatic imine (C=N–C) groups is 1. The number of hydrogen-bond donors (Lipinski definition) is 4. The van der Waals surface area contributed by atoms with Gasteiger partial charge in [0.1, 0.15) is 0 Å². The van der Waals surface area contributed by atoms with Crippen LogP contribution in [-0.2, 0) is 11.3 Å². The Bertz CT molecular complexity index is 642. The molecule has 0 atom stereocenters. The van der Waals surface area contributed by atoms with E-state index in [0.29, 0.717) is 30.4 Å². The van der Waals surface area contributed by atoms with Gasteiger partial charge in [-0.25, -0.2) is 4.99 Å². The van der Waals surface area contributed by atoms with E-state index < -0.39 is 0 Å². The van der Waals surface area contributed by atoms with Crippen LogP contribution < -0.4 is 20.7 Å². The third-order valence-electron chi connectivity index (χ3n) is 4.63. The number of carbonyl (C=O) groups excluding carboxylic acids is 1. The molecule has 1 aromatic carbocycles. The molecule has 1 aromatic rings. The van der Waals surface area contributed by atoms with Crippen LogP contribution in [0.4, 0.5) is 0 Å². The van der Waals surface area contributed by atoms with Crippen molar-refractivity contribution in [2.24, 2.45) is 4.99 Å². The number of hydrogen-bond acceptors (Lipinski definition) is 5. The molecule has 0 saturated carbocycles. The van der Waals surface area contributed by atoms with E-state index in [4.69, 9.17) is 4.74 Å². The number of carbonyl (C=O) groups is 1. The average molecular weight is 377 g/mol. The number of nitrogens with one attached hydrogen (secondary N) is 3. The maximum atomic E-state index is 11.5. The van der Waals surface area contributed by atoms with Crippen molar-refractivity contribution in [2.75, 3.05) is 40.3 Å². The van der Waals surface area contributed by atoms with Gasteiger partial charge in [-0.2, -0.15) is 0 Å². The highest BCUT2D eigenvalue weighted by atomic mass is 16.5. The normalized spacial score (nSPS) is 16.0. The smallest absolute Gasteiger partial charge is 0.233 e. The van der Waals surface area contributed by atoms with Gasteiger partial charge < -0.3 is 25.8 Å². The Labute approximate surface area is 161 Å². The lowest BCUT2D eigenvalue weighted by Crippen LogP contribution is -2.50. The molecule has 8 heteroatoms. The maximum Gasteiger partial charge on any atom is 0.233 e. The lowest BCUT2D eigenvalue weighted by Gasteiger charge is -2.32. The van der Waals surface area contributed by atoms with Crippen molar-refractivity contribution in [3.05, 3.63) is 23.8 Å². The first-order valence-electron chi connectivity index (χ1n) is 9.40. The molecule has 0 aromatic heterocycles. The molecule has 8 nitrogen and oxygen atoms in total. The molecule has 0 radical (unpaired) electrons. The summed E-state index contributed by atoms with van der Waals surface area (Å²) in [7, 11) is 3.19. The van der Waals surface area contributed by atoms with Crippen molar-refractivity contribution in [3.8, 4) is 11.5 Å². The number of benzene rings is 1. The number of likely N-dealkylation sites (N-methyl/N-ethyl adjacent to an activating group) is 1. The van der Waals surface area contributed by atoms with Gasteiger partial charge in [0.2, 0.25) is 5.91 Å². The molecule has 150 valence electrons. The highest BCUT2D eigenvalue weighted by molar-refractivity contribution is 5.80. The molecule has 1 aliphatic heterocycles. The van der Waals surface area contributed by atoms with E-state index in [-0.39, 0.29) is 11.7 Å². The summed E-state index contributed by atoms with van der Waals surface area (Å²) in [4.78, 5) is 18.2. The van der Waals surface area contributed by atoms with Crippen molar-refractivity contribution < 1.29 is 14.6 Å². The summed E-state index contributed by atoms with van der Waals surface area (Å²) < 4.78 is 5.14. The van der Waals surface area contributed by atoms with Gasteiger partial charge in [0.05, 0.1) is 20.2 Å². The van der Waals surface area contributed by atoms with Gasteiger partial charge in [-0.3, -0.25) is 9.69 Å². The van der Waals surface area contributed by atoms with E-state index in [9.17, 15) is 9.90 Å². The van der Waals surface area contributed by atoms with Crippen molar-refractivity contribution in [1.82, 2.24) is 20.9 Å². The standard InChI is InChI=1S/C19H31N5O3/c1-4-21-19(22-12-14-6-5-7-16(27-3)18(14)26)23-15-8-10-24(11-9-15)13-17(25)20-2/h5-7,15,26H,4,8-13H2,1-3H3,(H,20,25)(H2,21,22,23). The van der Waals surface area contributed by atoms with Gasteiger partial charge in [0, 0.05) is 38.3 Å². The van der Waals surface area contributed by atoms with Crippen molar-refractivity contribution in [3.63, 3.8) is 0 Å². The van der Waals surface area contributed by atoms with E-state index >= 15 is 0 Å². The van der Waals surface area contributed by atoms with E-state index in [1.807, 2.05) is 19.1 Å². The number of ether oxygens (including phenoxy) is 1. The highest BCUT2D eigenvalue weighted by Crippen LogP contribution is 2.29. The van der Waals surface area contributed by atoms with Crippen LogP contribution >= 0.6 is 0 Å². The minimum Gasteiger partial charge on any atom is -0.504 e. The first-order chi connectivity index (χ1) is 13.1.